The lowest BCUT2D eigenvalue weighted by Gasteiger charge is -2.22. The lowest BCUT2D eigenvalue weighted by atomic mass is 10.0. The van der Waals surface area contributed by atoms with Gasteiger partial charge in [-0.25, -0.2) is 0 Å². The van der Waals surface area contributed by atoms with Gasteiger partial charge in [0.25, 0.3) is 0 Å². The lowest BCUT2D eigenvalue weighted by molar-refractivity contribution is -0.142. The number of carbonyl (C=O) groups is 1. The Hall–Kier alpha value is -2.33. The molecule has 1 unspecified atom stereocenters. The van der Waals surface area contributed by atoms with E-state index in [1.165, 1.54) is 5.56 Å². The van der Waals surface area contributed by atoms with Gasteiger partial charge in [-0.05, 0) is 57.0 Å². The van der Waals surface area contributed by atoms with E-state index in [-0.39, 0.29) is 0 Å². The molecule has 0 saturated carbocycles. The number of rotatable bonds is 7. The Kier molecular flexibility index (Phi) is 6.21. The molecule has 2 aromatic rings. The Labute approximate surface area is 150 Å². The molecule has 0 fully saturated rings. The van der Waals surface area contributed by atoms with Crippen LogP contribution in [0.25, 0.3) is 0 Å². The number of likely N-dealkylation sites (N-methyl/N-ethyl adjacent to an activating group) is 1. The van der Waals surface area contributed by atoms with E-state index in [4.69, 9.17) is 9.84 Å². The van der Waals surface area contributed by atoms with Crippen molar-refractivity contribution in [3.05, 3.63) is 64.2 Å². The van der Waals surface area contributed by atoms with Crippen LogP contribution in [0.2, 0.25) is 0 Å². The topological polar surface area (TPSA) is 49.8 Å². The summed E-state index contributed by atoms with van der Waals surface area (Å²) in [6.45, 7) is 8.95. The van der Waals surface area contributed by atoms with Gasteiger partial charge in [0, 0.05) is 6.54 Å². The maximum atomic E-state index is 11.1. The maximum absolute atomic E-state index is 11.1. The molecule has 134 valence electrons. The molecular formula is C21H27NO3. The van der Waals surface area contributed by atoms with Crippen LogP contribution in [0.4, 0.5) is 0 Å². The summed E-state index contributed by atoms with van der Waals surface area (Å²) in [5.74, 6) is 0.0901. The number of nitrogens with zero attached hydrogens (tertiary/aromatic N) is 1. The van der Waals surface area contributed by atoms with Crippen LogP contribution < -0.4 is 4.74 Å². The van der Waals surface area contributed by atoms with E-state index in [9.17, 15) is 4.79 Å². The number of hydrogen-bond acceptors (Lipinski definition) is 3. The fraction of sp³-hybridized carbons (Fsp3) is 0.381. The van der Waals surface area contributed by atoms with Crippen LogP contribution in [0.3, 0.4) is 0 Å². The van der Waals surface area contributed by atoms with Crippen LogP contribution in [-0.2, 0) is 17.9 Å². The zero-order chi connectivity index (χ0) is 18.6. The molecule has 0 bridgehead atoms. The second kappa shape index (κ2) is 8.17. The van der Waals surface area contributed by atoms with E-state index in [0.29, 0.717) is 13.2 Å². The highest BCUT2D eigenvalue weighted by Crippen LogP contribution is 2.26. The molecule has 0 heterocycles. The summed E-state index contributed by atoms with van der Waals surface area (Å²) in [5.41, 5.74) is 5.61. The Balaban J connectivity index is 2.08. The molecule has 4 nitrogen and oxygen atoms in total. The smallest absolute Gasteiger partial charge is 0.320 e. The minimum atomic E-state index is -0.811. The Morgan fingerprint density at radius 3 is 2.16 bits per heavy atom. The van der Waals surface area contributed by atoms with Gasteiger partial charge < -0.3 is 9.84 Å². The molecule has 0 spiro atoms. The van der Waals surface area contributed by atoms with Gasteiger partial charge in [-0.2, -0.15) is 0 Å². The van der Waals surface area contributed by atoms with Crippen molar-refractivity contribution in [3.63, 3.8) is 0 Å². The molecule has 4 heteroatoms. The Morgan fingerprint density at radius 2 is 1.64 bits per heavy atom. The van der Waals surface area contributed by atoms with Crippen LogP contribution in [0.1, 0.15) is 34.7 Å². The van der Waals surface area contributed by atoms with Gasteiger partial charge in [0.1, 0.15) is 18.4 Å². The number of ether oxygens (including phenoxy) is 1. The molecule has 0 aliphatic carbocycles. The lowest BCUT2D eigenvalue weighted by Crippen LogP contribution is -2.35. The summed E-state index contributed by atoms with van der Waals surface area (Å²) < 4.78 is 6.03. The first-order valence-corrected chi connectivity index (χ1v) is 8.49. The minimum absolute atomic E-state index is 0.516. The van der Waals surface area contributed by atoms with Crippen molar-refractivity contribution < 1.29 is 14.6 Å². The summed E-state index contributed by atoms with van der Waals surface area (Å²) in [6, 6.07) is 12.0. The van der Waals surface area contributed by atoms with Crippen molar-refractivity contribution in [3.8, 4) is 5.75 Å². The predicted octanol–water partition coefficient (Wildman–Crippen LogP) is 4.10. The molecule has 1 atom stereocenters. The van der Waals surface area contributed by atoms with E-state index in [0.717, 1.165) is 28.0 Å². The molecule has 0 aliphatic heterocycles. The number of hydrogen-bond donors (Lipinski definition) is 1. The van der Waals surface area contributed by atoms with E-state index in [1.807, 2.05) is 25.8 Å². The summed E-state index contributed by atoms with van der Waals surface area (Å²) >= 11 is 0. The molecule has 0 saturated heterocycles. The van der Waals surface area contributed by atoms with Gasteiger partial charge in [-0.15, -0.1) is 0 Å². The van der Waals surface area contributed by atoms with Gasteiger partial charge in [-0.1, -0.05) is 42.0 Å². The second-order valence-electron chi connectivity index (χ2n) is 6.76. The van der Waals surface area contributed by atoms with Crippen molar-refractivity contribution in [2.75, 3.05) is 7.05 Å². The highest BCUT2D eigenvalue weighted by molar-refractivity contribution is 5.72. The third kappa shape index (κ3) is 5.07. The number of aliphatic carboxylic acids is 1. The van der Waals surface area contributed by atoms with Crippen molar-refractivity contribution in [2.24, 2.45) is 0 Å². The maximum Gasteiger partial charge on any atom is 0.320 e. The van der Waals surface area contributed by atoms with Gasteiger partial charge >= 0.3 is 5.97 Å². The summed E-state index contributed by atoms with van der Waals surface area (Å²) in [7, 11) is 1.82. The molecule has 2 aromatic carbocycles. The third-order valence-corrected chi connectivity index (χ3v) is 4.47. The van der Waals surface area contributed by atoms with E-state index >= 15 is 0 Å². The van der Waals surface area contributed by atoms with Crippen LogP contribution in [0.15, 0.2) is 36.4 Å². The quantitative estimate of drug-likeness (QED) is 0.824. The molecule has 25 heavy (non-hydrogen) atoms. The molecule has 0 radical (unpaired) electrons. The Morgan fingerprint density at radius 1 is 1.08 bits per heavy atom. The molecule has 2 rings (SSSR count). The third-order valence-electron chi connectivity index (χ3n) is 4.47. The number of aryl methyl sites for hydroxylation is 3. The van der Waals surface area contributed by atoms with Crippen LogP contribution in [0, 0.1) is 20.8 Å². The minimum Gasteiger partial charge on any atom is -0.488 e. The Bertz CT molecular complexity index is 714. The highest BCUT2D eigenvalue weighted by atomic mass is 16.5. The zero-order valence-corrected chi connectivity index (χ0v) is 15.7. The van der Waals surface area contributed by atoms with Gasteiger partial charge in [0.05, 0.1) is 0 Å². The fourth-order valence-corrected chi connectivity index (χ4v) is 2.81. The van der Waals surface area contributed by atoms with E-state index in [1.54, 1.807) is 6.92 Å². The van der Waals surface area contributed by atoms with E-state index in [2.05, 4.69) is 43.3 Å². The number of benzene rings is 2. The van der Waals surface area contributed by atoms with Gasteiger partial charge in [0.2, 0.25) is 0 Å². The van der Waals surface area contributed by atoms with Gasteiger partial charge in [-0.3, -0.25) is 9.69 Å². The average Bonchev–Trinajstić information content (AvgIpc) is 2.54. The van der Waals surface area contributed by atoms with Crippen LogP contribution >= 0.6 is 0 Å². The van der Waals surface area contributed by atoms with Crippen molar-refractivity contribution in [1.29, 1.82) is 0 Å². The second-order valence-corrected chi connectivity index (χ2v) is 6.76. The highest BCUT2D eigenvalue weighted by Gasteiger charge is 2.17. The SMILES string of the molecule is Cc1ccc(COc2c(C)cc(CN(C)C(C)C(=O)O)cc2C)cc1. The molecule has 0 aromatic heterocycles. The number of carboxylic acids is 1. The van der Waals surface area contributed by atoms with Crippen LogP contribution in [-0.4, -0.2) is 29.1 Å². The first-order chi connectivity index (χ1) is 11.8. The van der Waals surface area contributed by atoms with Crippen molar-refractivity contribution in [2.45, 2.75) is 46.9 Å². The first kappa shape index (κ1) is 19.0. The van der Waals surface area contributed by atoms with E-state index < -0.39 is 12.0 Å². The number of carboxylic acid groups (broad SMARTS) is 1. The summed E-state index contributed by atoms with van der Waals surface area (Å²) in [5, 5.41) is 9.12. The fourth-order valence-electron chi connectivity index (χ4n) is 2.81. The van der Waals surface area contributed by atoms with Crippen molar-refractivity contribution in [1.82, 2.24) is 4.90 Å². The standard InChI is InChI=1S/C21H27NO3/c1-14-6-8-18(9-7-14)13-25-20-15(2)10-19(11-16(20)3)12-22(5)17(4)21(23)24/h6-11,17H,12-13H2,1-5H3,(H,23,24). The summed E-state index contributed by atoms with van der Waals surface area (Å²) in [4.78, 5) is 12.9. The molecular weight excluding hydrogens is 314 g/mol. The zero-order valence-electron chi connectivity index (χ0n) is 15.7. The molecule has 1 N–H and O–H groups in total. The molecule has 0 aliphatic rings. The predicted molar refractivity (Wildman–Crippen MR) is 100.0 cm³/mol. The van der Waals surface area contributed by atoms with Crippen LogP contribution in [0.5, 0.6) is 5.75 Å². The summed E-state index contributed by atoms with van der Waals surface area (Å²) in [6.07, 6.45) is 0. The first-order valence-electron chi connectivity index (χ1n) is 8.49. The molecule has 0 amide bonds. The van der Waals surface area contributed by atoms with Crippen molar-refractivity contribution >= 4 is 5.97 Å². The van der Waals surface area contributed by atoms with Gasteiger partial charge in [0.15, 0.2) is 0 Å². The normalized spacial score (nSPS) is 12.2. The average molecular weight is 341 g/mol. The monoisotopic (exact) mass is 341 g/mol. The largest absolute Gasteiger partial charge is 0.488 e.